The first-order valence-corrected chi connectivity index (χ1v) is 2.00. The van der Waals surface area contributed by atoms with Gasteiger partial charge in [0.1, 0.15) is 0 Å². The first-order valence-electron chi connectivity index (χ1n) is 2.00. The molecular weight excluding hydrogens is 185 g/mol. The Kier molecular flexibility index (Phi) is 4.93. The number of hydrogen-bond donors (Lipinski definition) is 0. The van der Waals surface area contributed by atoms with Crippen LogP contribution < -0.4 is 0 Å². The van der Waals surface area contributed by atoms with Crippen molar-refractivity contribution in [1.29, 1.82) is 0 Å². The molecule has 1 rings (SSSR count). The molecule has 26 valence electrons. The largest absolute Gasteiger partial charge is 0.0533 e. The van der Waals surface area contributed by atoms with Gasteiger partial charge in [0, 0.05) is 48.9 Å². The smallest absolute Gasteiger partial charge is 0 e. The summed E-state index contributed by atoms with van der Waals surface area (Å²) in [6, 6.07) is 0. The summed E-state index contributed by atoms with van der Waals surface area (Å²) in [5.74, 6) is 0. The molecular formula is C4H8Ba. The molecule has 0 unspecified atom stereocenters. The molecule has 0 aromatic carbocycles. The molecule has 0 aromatic heterocycles. The Labute approximate surface area is 73.4 Å². The molecule has 0 amide bonds. The van der Waals surface area contributed by atoms with E-state index in [-0.39, 0.29) is 48.9 Å². The summed E-state index contributed by atoms with van der Waals surface area (Å²) in [6.07, 6.45) is 6.00. The summed E-state index contributed by atoms with van der Waals surface area (Å²) in [6.45, 7) is 0. The van der Waals surface area contributed by atoms with Gasteiger partial charge in [-0.1, -0.05) is 25.7 Å². The van der Waals surface area contributed by atoms with E-state index in [4.69, 9.17) is 0 Å². The van der Waals surface area contributed by atoms with Gasteiger partial charge in [-0.2, -0.15) is 0 Å². The minimum atomic E-state index is 0. The minimum Gasteiger partial charge on any atom is -0.0533 e. The molecule has 1 aliphatic rings. The SMILES string of the molecule is C1CCC1.[Ba]. The van der Waals surface area contributed by atoms with Crippen LogP contribution in [0, 0.1) is 0 Å². The van der Waals surface area contributed by atoms with Gasteiger partial charge < -0.3 is 0 Å². The summed E-state index contributed by atoms with van der Waals surface area (Å²) < 4.78 is 0. The average Bonchev–Trinajstić information content (AvgIpc) is 0.722. The zero-order valence-corrected chi connectivity index (χ0v) is 7.98. The Hall–Kier alpha value is 1.57. The summed E-state index contributed by atoms with van der Waals surface area (Å²) in [7, 11) is 0. The molecule has 0 spiro atoms. The van der Waals surface area contributed by atoms with E-state index in [0.717, 1.165) is 0 Å². The van der Waals surface area contributed by atoms with E-state index < -0.39 is 0 Å². The molecule has 1 fully saturated rings. The molecule has 0 bridgehead atoms. The molecule has 1 aliphatic carbocycles. The van der Waals surface area contributed by atoms with Crippen LogP contribution in [0.2, 0.25) is 0 Å². The third-order valence-electron chi connectivity index (χ3n) is 1.000. The van der Waals surface area contributed by atoms with Gasteiger partial charge in [0.25, 0.3) is 0 Å². The molecule has 0 saturated heterocycles. The fourth-order valence-corrected chi connectivity index (χ4v) is 0.250. The zero-order chi connectivity index (χ0) is 2.83. The molecule has 0 aliphatic heterocycles. The van der Waals surface area contributed by atoms with Gasteiger partial charge in [0.05, 0.1) is 0 Å². The third kappa shape index (κ3) is 2.29. The van der Waals surface area contributed by atoms with E-state index >= 15 is 0 Å². The van der Waals surface area contributed by atoms with Crippen molar-refractivity contribution in [2.45, 2.75) is 25.7 Å². The summed E-state index contributed by atoms with van der Waals surface area (Å²) in [5.41, 5.74) is 0. The van der Waals surface area contributed by atoms with Gasteiger partial charge in [-0.3, -0.25) is 0 Å². The van der Waals surface area contributed by atoms with E-state index in [2.05, 4.69) is 0 Å². The van der Waals surface area contributed by atoms with E-state index in [1.165, 1.54) is 25.7 Å². The van der Waals surface area contributed by atoms with E-state index in [1.54, 1.807) is 0 Å². The fourth-order valence-electron chi connectivity index (χ4n) is 0.250. The van der Waals surface area contributed by atoms with Crippen LogP contribution in [0.1, 0.15) is 25.7 Å². The van der Waals surface area contributed by atoms with E-state index in [0.29, 0.717) is 0 Å². The zero-order valence-electron chi connectivity index (χ0n) is 3.54. The van der Waals surface area contributed by atoms with Crippen LogP contribution in [0.25, 0.3) is 0 Å². The van der Waals surface area contributed by atoms with Crippen LogP contribution in [0.4, 0.5) is 0 Å². The van der Waals surface area contributed by atoms with Crippen molar-refractivity contribution >= 4 is 48.9 Å². The molecule has 1 saturated carbocycles. The minimum absolute atomic E-state index is 0. The van der Waals surface area contributed by atoms with Crippen molar-refractivity contribution < 1.29 is 0 Å². The number of hydrogen-bond acceptors (Lipinski definition) is 0. The van der Waals surface area contributed by atoms with Crippen LogP contribution in [0.3, 0.4) is 0 Å². The third-order valence-corrected chi connectivity index (χ3v) is 1.000. The molecule has 5 heavy (non-hydrogen) atoms. The van der Waals surface area contributed by atoms with Gasteiger partial charge in [-0.15, -0.1) is 0 Å². The van der Waals surface area contributed by atoms with Gasteiger partial charge >= 0.3 is 0 Å². The molecule has 0 atom stereocenters. The molecule has 0 N–H and O–H groups in total. The van der Waals surface area contributed by atoms with Crippen molar-refractivity contribution in [3.8, 4) is 0 Å². The molecule has 0 aromatic rings. The second kappa shape index (κ2) is 3.75. The van der Waals surface area contributed by atoms with Gasteiger partial charge in [0.15, 0.2) is 0 Å². The molecule has 0 heterocycles. The van der Waals surface area contributed by atoms with Crippen molar-refractivity contribution in [2.24, 2.45) is 0 Å². The van der Waals surface area contributed by atoms with E-state index in [9.17, 15) is 0 Å². The van der Waals surface area contributed by atoms with Crippen molar-refractivity contribution in [3.05, 3.63) is 0 Å². The summed E-state index contributed by atoms with van der Waals surface area (Å²) in [4.78, 5) is 0. The van der Waals surface area contributed by atoms with Gasteiger partial charge in [0.2, 0.25) is 0 Å². The van der Waals surface area contributed by atoms with Crippen LogP contribution in [-0.4, -0.2) is 48.9 Å². The van der Waals surface area contributed by atoms with Crippen molar-refractivity contribution in [1.82, 2.24) is 0 Å². The van der Waals surface area contributed by atoms with Crippen LogP contribution in [-0.2, 0) is 0 Å². The second-order valence-corrected chi connectivity index (χ2v) is 1.41. The van der Waals surface area contributed by atoms with Crippen molar-refractivity contribution in [3.63, 3.8) is 0 Å². The first kappa shape index (κ1) is 6.57. The maximum atomic E-state index is 1.50. The average molecular weight is 193 g/mol. The molecule has 2 radical (unpaired) electrons. The predicted molar refractivity (Wildman–Crippen MR) is 24.2 cm³/mol. The fraction of sp³-hybridized carbons (Fsp3) is 1.00. The van der Waals surface area contributed by atoms with E-state index in [1.807, 2.05) is 0 Å². The van der Waals surface area contributed by atoms with Crippen LogP contribution in [0.5, 0.6) is 0 Å². The summed E-state index contributed by atoms with van der Waals surface area (Å²) >= 11 is 0. The standard InChI is InChI=1S/C4H8.Ba/c1-2-4-3-1;/h1-4H2;. The molecule has 0 nitrogen and oxygen atoms in total. The predicted octanol–water partition coefficient (Wildman–Crippen LogP) is 1.18. The van der Waals surface area contributed by atoms with Crippen LogP contribution in [0.15, 0.2) is 0 Å². The first-order chi connectivity index (χ1) is 2.00. The quantitative estimate of drug-likeness (QED) is 0.507. The maximum absolute atomic E-state index is 1.50. The van der Waals surface area contributed by atoms with Gasteiger partial charge in [-0.05, 0) is 0 Å². The second-order valence-electron chi connectivity index (χ2n) is 1.41. The maximum Gasteiger partial charge on any atom is 0 e. The van der Waals surface area contributed by atoms with Gasteiger partial charge in [-0.25, -0.2) is 0 Å². The van der Waals surface area contributed by atoms with Crippen molar-refractivity contribution in [2.75, 3.05) is 0 Å². The number of rotatable bonds is 0. The van der Waals surface area contributed by atoms with Crippen LogP contribution >= 0.6 is 0 Å². The monoisotopic (exact) mass is 194 g/mol. The Morgan fingerprint density at radius 3 is 0.800 bits per heavy atom. The Morgan fingerprint density at radius 1 is 0.600 bits per heavy atom. The summed E-state index contributed by atoms with van der Waals surface area (Å²) in [5, 5.41) is 0. The topological polar surface area (TPSA) is 0 Å². The Bertz CT molecular complexity index is 11.6. The normalized spacial score (nSPS) is 19.2. The molecule has 1 heteroatoms. The Balaban J connectivity index is 0.000000160. The Morgan fingerprint density at radius 2 is 0.800 bits per heavy atom.